The molecule has 3 rings (SSSR count). The van der Waals surface area contributed by atoms with Crippen molar-refractivity contribution in [3.8, 4) is 5.75 Å². The molecule has 1 saturated heterocycles. The van der Waals surface area contributed by atoms with Gasteiger partial charge in [0, 0.05) is 48.8 Å². The number of methoxy groups -OCH3 is 1. The van der Waals surface area contributed by atoms with E-state index in [1.54, 1.807) is 7.11 Å². The molecule has 1 aliphatic heterocycles. The van der Waals surface area contributed by atoms with E-state index >= 15 is 0 Å². The van der Waals surface area contributed by atoms with Gasteiger partial charge in [-0.05, 0) is 31.0 Å². The average Bonchev–Trinajstić information content (AvgIpc) is 3.03. The molecule has 4 heteroatoms. The van der Waals surface area contributed by atoms with Crippen LogP contribution in [-0.2, 0) is 6.54 Å². The van der Waals surface area contributed by atoms with Crippen LogP contribution in [-0.4, -0.2) is 49.1 Å². The highest BCUT2D eigenvalue weighted by Crippen LogP contribution is 2.27. The third-order valence-electron chi connectivity index (χ3n) is 4.88. The molecular weight excluding hydrogens is 328 g/mol. The number of nitrogens with zero attached hydrogens (tertiary/aromatic N) is 2. The second kappa shape index (κ2) is 7.12. The molecule has 1 aromatic rings. The number of hydrogen-bond donors (Lipinski definition) is 0. The van der Waals surface area contributed by atoms with Crippen LogP contribution in [0.25, 0.3) is 0 Å². The van der Waals surface area contributed by atoms with Crippen LogP contribution in [0.5, 0.6) is 5.75 Å². The highest BCUT2D eigenvalue weighted by Gasteiger charge is 2.26. The van der Waals surface area contributed by atoms with Crippen molar-refractivity contribution in [3.05, 3.63) is 28.2 Å². The molecule has 0 amide bonds. The molecule has 0 radical (unpaired) electrons. The quantitative estimate of drug-likeness (QED) is 0.824. The second-order valence-electron chi connectivity index (χ2n) is 6.21. The first kappa shape index (κ1) is 15.3. The Morgan fingerprint density at radius 2 is 1.86 bits per heavy atom. The lowest BCUT2D eigenvalue weighted by atomic mass is 10.1. The number of halogens is 1. The molecule has 0 bridgehead atoms. The van der Waals surface area contributed by atoms with Crippen molar-refractivity contribution in [2.75, 3.05) is 33.3 Å². The average molecular weight is 353 g/mol. The van der Waals surface area contributed by atoms with Crippen LogP contribution in [0.1, 0.15) is 31.2 Å². The number of benzene rings is 1. The first-order valence-corrected chi connectivity index (χ1v) is 8.84. The summed E-state index contributed by atoms with van der Waals surface area (Å²) in [6, 6.07) is 7.14. The lowest BCUT2D eigenvalue weighted by Crippen LogP contribution is -2.49. The molecule has 1 saturated carbocycles. The van der Waals surface area contributed by atoms with E-state index in [0.29, 0.717) is 0 Å². The molecule has 0 unspecified atom stereocenters. The minimum absolute atomic E-state index is 0.868. The van der Waals surface area contributed by atoms with Gasteiger partial charge in [-0.3, -0.25) is 9.80 Å². The number of ether oxygens (including phenoxy) is 1. The molecule has 2 fully saturated rings. The molecule has 1 heterocycles. The minimum atomic E-state index is 0.868. The first-order valence-electron chi connectivity index (χ1n) is 8.05. The summed E-state index contributed by atoms with van der Waals surface area (Å²) in [4.78, 5) is 5.26. The van der Waals surface area contributed by atoms with Crippen LogP contribution in [0.3, 0.4) is 0 Å². The van der Waals surface area contributed by atoms with E-state index in [9.17, 15) is 0 Å². The van der Waals surface area contributed by atoms with Crippen LogP contribution >= 0.6 is 15.9 Å². The van der Waals surface area contributed by atoms with Crippen molar-refractivity contribution < 1.29 is 4.74 Å². The maximum Gasteiger partial charge on any atom is 0.123 e. The number of piperazine rings is 1. The molecule has 2 aliphatic rings. The smallest absolute Gasteiger partial charge is 0.123 e. The Morgan fingerprint density at radius 1 is 1.14 bits per heavy atom. The van der Waals surface area contributed by atoms with Gasteiger partial charge < -0.3 is 4.74 Å². The van der Waals surface area contributed by atoms with Crippen molar-refractivity contribution in [3.63, 3.8) is 0 Å². The van der Waals surface area contributed by atoms with E-state index in [2.05, 4.69) is 31.8 Å². The largest absolute Gasteiger partial charge is 0.496 e. The first-order chi connectivity index (χ1) is 10.3. The zero-order chi connectivity index (χ0) is 14.7. The number of hydrogen-bond acceptors (Lipinski definition) is 3. The molecule has 116 valence electrons. The van der Waals surface area contributed by atoms with Gasteiger partial charge in [0.15, 0.2) is 0 Å². The maximum absolute atomic E-state index is 5.49. The fourth-order valence-corrected chi connectivity index (χ4v) is 4.08. The molecule has 0 spiro atoms. The molecule has 21 heavy (non-hydrogen) atoms. The van der Waals surface area contributed by atoms with E-state index in [4.69, 9.17) is 4.74 Å². The molecule has 0 aromatic heterocycles. The summed E-state index contributed by atoms with van der Waals surface area (Å²) in [5, 5.41) is 0. The maximum atomic E-state index is 5.49. The molecule has 3 nitrogen and oxygen atoms in total. The zero-order valence-electron chi connectivity index (χ0n) is 12.9. The fraction of sp³-hybridized carbons (Fsp3) is 0.647. The van der Waals surface area contributed by atoms with Gasteiger partial charge in [0.1, 0.15) is 5.75 Å². The summed E-state index contributed by atoms with van der Waals surface area (Å²) in [6.07, 6.45) is 5.69. The second-order valence-corrected chi connectivity index (χ2v) is 7.12. The summed E-state index contributed by atoms with van der Waals surface area (Å²) in [5.74, 6) is 0.997. The third kappa shape index (κ3) is 3.79. The van der Waals surface area contributed by atoms with E-state index in [1.807, 2.05) is 12.1 Å². The SMILES string of the molecule is COc1ccc(Br)cc1CN1CCN(C2CCCC2)CC1. The van der Waals surface area contributed by atoms with Gasteiger partial charge in [-0.1, -0.05) is 28.8 Å². The Kier molecular flexibility index (Phi) is 5.19. The predicted molar refractivity (Wildman–Crippen MR) is 89.8 cm³/mol. The summed E-state index contributed by atoms with van der Waals surface area (Å²) in [7, 11) is 1.75. The number of rotatable bonds is 4. The van der Waals surface area contributed by atoms with Gasteiger partial charge in [-0.2, -0.15) is 0 Å². The van der Waals surface area contributed by atoms with Crippen LogP contribution in [0.15, 0.2) is 22.7 Å². The Balaban J connectivity index is 1.56. The van der Waals surface area contributed by atoms with Crippen molar-refractivity contribution in [2.24, 2.45) is 0 Å². The summed E-state index contributed by atoms with van der Waals surface area (Å²) >= 11 is 3.56. The topological polar surface area (TPSA) is 15.7 Å². The Hall–Kier alpha value is -0.580. The summed E-state index contributed by atoms with van der Waals surface area (Å²) < 4.78 is 6.61. The van der Waals surface area contributed by atoms with Gasteiger partial charge in [0.2, 0.25) is 0 Å². The predicted octanol–water partition coefficient (Wildman–Crippen LogP) is 3.52. The van der Waals surface area contributed by atoms with Gasteiger partial charge in [-0.15, -0.1) is 0 Å². The fourth-order valence-electron chi connectivity index (χ4n) is 3.67. The van der Waals surface area contributed by atoms with Gasteiger partial charge in [0.25, 0.3) is 0 Å². The zero-order valence-corrected chi connectivity index (χ0v) is 14.4. The monoisotopic (exact) mass is 352 g/mol. The minimum Gasteiger partial charge on any atom is -0.496 e. The molecule has 1 aliphatic carbocycles. The Bertz CT molecular complexity index is 466. The Morgan fingerprint density at radius 3 is 2.52 bits per heavy atom. The normalized spacial score (nSPS) is 21.8. The molecule has 0 N–H and O–H groups in total. The Labute approximate surface area is 136 Å². The lowest BCUT2D eigenvalue weighted by Gasteiger charge is -2.38. The summed E-state index contributed by atoms with van der Waals surface area (Å²) in [6.45, 7) is 5.78. The van der Waals surface area contributed by atoms with Crippen LogP contribution < -0.4 is 4.74 Å². The van der Waals surface area contributed by atoms with Gasteiger partial charge >= 0.3 is 0 Å². The molecule has 1 aromatic carbocycles. The molecular formula is C17H25BrN2O. The standard InChI is InChI=1S/C17H25BrN2O/c1-21-17-7-6-15(18)12-14(17)13-19-8-10-20(11-9-19)16-4-2-3-5-16/h6-7,12,16H,2-5,8-11,13H2,1H3. The van der Waals surface area contributed by atoms with Crippen molar-refractivity contribution >= 4 is 15.9 Å². The lowest BCUT2D eigenvalue weighted by molar-refractivity contribution is 0.0932. The van der Waals surface area contributed by atoms with E-state index in [-0.39, 0.29) is 0 Å². The van der Waals surface area contributed by atoms with E-state index in [0.717, 1.165) is 22.8 Å². The van der Waals surface area contributed by atoms with E-state index < -0.39 is 0 Å². The van der Waals surface area contributed by atoms with Gasteiger partial charge in [-0.25, -0.2) is 0 Å². The van der Waals surface area contributed by atoms with Gasteiger partial charge in [0.05, 0.1) is 7.11 Å². The van der Waals surface area contributed by atoms with Crippen LogP contribution in [0, 0.1) is 0 Å². The van der Waals surface area contributed by atoms with Crippen molar-refractivity contribution in [1.29, 1.82) is 0 Å². The van der Waals surface area contributed by atoms with Crippen molar-refractivity contribution in [2.45, 2.75) is 38.3 Å². The van der Waals surface area contributed by atoms with E-state index in [1.165, 1.54) is 57.4 Å². The van der Waals surface area contributed by atoms with Crippen LogP contribution in [0.4, 0.5) is 0 Å². The van der Waals surface area contributed by atoms with Crippen molar-refractivity contribution in [1.82, 2.24) is 9.80 Å². The molecule has 0 atom stereocenters. The van der Waals surface area contributed by atoms with Crippen LogP contribution in [0.2, 0.25) is 0 Å². The highest BCUT2D eigenvalue weighted by atomic mass is 79.9. The summed E-state index contributed by atoms with van der Waals surface area (Å²) in [5.41, 5.74) is 1.28. The third-order valence-corrected chi connectivity index (χ3v) is 5.38. The highest BCUT2D eigenvalue weighted by molar-refractivity contribution is 9.10.